The maximum atomic E-state index is 12.6. The van der Waals surface area contributed by atoms with E-state index in [1.165, 1.54) is 19.3 Å². The molecule has 1 atom stereocenters. The van der Waals surface area contributed by atoms with E-state index >= 15 is 0 Å². The van der Waals surface area contributed by atoms with Crippen LogP contribution in [0.25, 0.3) is 0 Å². The van der Waals surface area contributed by atoms with Crippen LogP contribution in [0.15, 0.2) is 0 Å². The summed E-state index contributed by atoms with van der Waals surface area (Å²) in [5, 5.41) is 0. The molecule has 0 N–H and O–H groups in total. The molecule has 0 amide bonds. The number of carbonyl (C=O) groups is 1. The van der Waals surface area contributed by atoms with Crippen molar-refractivity contribution in [3.63, 3.8) is 0 Å². The lowest BCUT2D eigenvalue weighted by Gasteiger charge is -2.39. The van der Waals surface area contributed by atoms with Gasteiger partial charge in [-0.15, -0.1) is 0 Å². The Morgan fingerprint density at radius 2 is 1.89 bits per heavy atom. The average molecular weight is 270 g/mol. The molecule has 1 aliphatic carbocycles. The van der Waals surface area contributed by atoms with Crippen LogP contribution in [0.4, 0.5) is 0 Å². The van der Waals surface area contributed by atoms with Crippen LogP contribution in [-0.2, 0) is 14.3 Å². The zero-order valence-electron chi connectivity index (χ0n) is 13.0. The van der Waals surface area contributed by atoms with Crippen LogP contribution in [0.3, 0.4) is 0 Å². The lowest BCUT2D eigenvalue weighted by atomic mass is 9.67. The van der Waals surface area contributed by atoms with Gasteiger partial charge in [0.2, 0.25) is 0 Å². The molecule has 0 radical (unpaired) electrons. The maximum Gasteiger partial charge on any atom is 0.314 e. The fraction of sp³-hybridized carbons (Fsp3) is 0.938. The van der Waals surface area contributed by atoms with Crippen molar-refractivity contribution in [2.75, 3.05) is 20.3 Å². The van der Waals surface area contributed by atoms with Gasteiger partial charge in [-0.1, -0.05) is 40.0 Å². The first-order valence-corrected chi connectivity index (χ1v) is 7.73. The second-order valence-corrected chi connectivity index (χ2v) is 6.27. The third-order valence-corrected chi connectivity index (χ3v) is 4.37. The number of hydrogen-bond acceptors (Lipinski definition) is 3. The van der Waals surface area contributed by atoms with Crippen LogP contribution in [-0.4, -0.2) is 26.3 Å². The largest absolute Gasteiger partial charge is 0.465 e. The Balaban J connectivity index is 2.80. The number of hydrogen-bond donors (Lipinski definition) is 0. The Kier molecular flexibility index (Phi) is 6.84. The minimum absolute atomic E-state index is 0.0440. The molecule has 1 rings (SSSR count). The molecule has 0 bridgehead atoms. The number of esters is 1. The van der Waals surface area contributed by atoms with Gasteiger partial charge < -0.3 is 9.47 Å². The predicted octanol–water partition coefficient (Wildman–Crippen LogP) is 3.81. The van der Waals surface area contributed by atoms with Gasteiger partial charge in [0, 0.05) is 7.11 Å². The van der Waals surface area contributed by atoms with E-state index in [-0.39, 0.29) is 5.97 Å². The van der Waals surface area contributed by atoms with Crippen molar-refractivity contribution in [2.24, 2.45) is 17.3 Å². The van der Waals surface area contributed by atoms with Crippen LogP contribution >= 0.6 is 0 Å². The summed E-state index contributed by atoms with van der Waals surface area (Å²) >= 11 is 0. The van der Waals surface area contributed by atoms with Crippen LogP contribution < -0.4 is 0 Å². The first-order valence-electron chi connectivity index (χ1n) is 7.73. The van der Waals surface area contributed by atoms with Crippen molar-refractivity contribution in [3.8, 4) is 0 Å². The van der Waals surface area contributed by atoms with E-state index in [1.807, 2.05) is 0 Å². The molecule has 0 aromatic heterocycles. The summed E-state index contributed by atoms with van der Waals surface area (Å²) in [7, 11) is 1.68. The van der Waals surface area contributed by atoms with Gasteiger partial charge in [0.1, 0.15) is 0 Å². The summed E-state index contributed by atoms with van der Waals surface area (Å²) in [6.07, 6.45) is 6.83. The van der Waals surface area contributed by atoms with Crippen molar-refractivity contribution in [3.05, 3.63) is 0 Å². The monoisotopic (exact) mass is 270 g/mol. The highest BCUT2D eigenvalue weighted by atomic mass is 16.5. The Bertz CT molecular complexity index is 269. The van der Waals surface area contributed by atoms with Crippen molar-refractivity contribution >= 4 is 5.97 Å². The molecule has 0 spiro atoms. The molecule has 19 heavy (non-hydrogen) atoms. The Morgan fingerprint density at radius 1 is 1.26 bits per heavy atom. The molecule has 0 heterocycles. The van der Waals surface area contributed by atoms with Gasteiger partial charge in [-0.05, 0) is 31.1 Å². The highest BCUT2D eigenvalue weighted by Gasteiger charge is 2.45. The van der Waals surface area contributed by atoms with E-state index in [2.05, 4.69) is 20.8 Å². The molecule has 0 aliphatic heterocycles. The normalized spacial score (nSPS) is 20.3. The third kappa shape index (κ3) is 4.20. The van der Waals surface area contributed by atoms with Gasteiger partial charge in [-0.25, -0.2) is 0 Å². The summed E-state index contributed by atoms with van der Waals surface area (Å²) in [5.74, 6) is 0.760. The van der Waals surface area contributed by atoms with E-state index in [9.17, 15) is 4.79 Å². The smallest absolute Gasteiger partial charge is 0.314 e. The molecule has 1 fully saturated rings. The molecule has 3 nitrogen and oxygen atoms in total. The molecular formula is C16H30O3. The first-order chi connectivity index (χ1) is 9.06. The fourth-order valence-electron chi connectivity index (χ4n) is 3.18. The summed E-state index contributed by atoms with van der Waals surface area (Å²) in [4.78, 5) is 12.6. The van der Waals surface area contributed by atoms with Gasteiger partial charge in [-0.2, -0.15) is 0 Å². The van der Waals surface area contributed by atoms with Crippen LogP contribution in [0, 0.1) is 17.3 Å². The van der Waals surface area contributed by atoms with E-state index in [0.717, 1.165) is 19.3 Å². The number of ether oxygens (including phenoxy) is 2. The van der Waals surface area contributed by atoms with E-state index < -0.39 is 5.41 Å². The Morgan fingerprint density at radius 3 is 2.37 bits per heavy atom. The highest BCUT2D eigenvalue weighted by Crippen LogP contribution is 2.42. The molecular weight excluding hydrogens is 240 g/mol. The van der Waals surface area contributed by atoms with E-state index in [0.29, 0.717) is 25.0 Å². The molecule has 0 saturated heterocycles. The second-order valence-electron chi connectivity index (χ2n) is 6.27. The van der Waals surface area contributed by atoms with Crippen LogP contribution in [0.5, 0.6) is 0 Å². The minimum atomic E-state index is -0.427. The van der Waals surface area contributed by atoms with E-state index in [4.69, 9.17) is 9.47 Å². The number of carbonyl (C=O) groups excluding carboxylic acids is 1. The second kappa shape index (κ2) is 7.88. The van der Waals surface area contributed by atoms with Crippen LogP contribution in [0.2, 0.25) is 0 Å². The minimum Gasteiger partial charge on any atom is -0.465 e. The molecule has 0 aromatic rings. The number of rotatable bonds is 7. The SMILES string of the molecule is CCC(COC)(C(=O)OCC(C)C)C1CCCCC1. The summed E-state index contributed by atoms with van der Waals surface area (Å²) in [6.45, 7) is 7.22. The summed E-state index contributed by atoms with van der Waals surface area (Å²) < 4.78 is 10.9. The predicted molar refractivity (Wildman–Crippen MR) is 77.0 cm³/mol. The van der Waals surface area contributed by atoms with Gasteiger partial charge >= 0.3 is 5.97 Å². The molecule has 112 valence electrons. The first kappa shape index (κ1) is 16.5. The average Bonchev–Trinajstić information content (AvgIpc) is 2.43. The van der Waals surface area contributed by atoms with Crippen molar-refractivity contribution in [2.45, 2.75) is 59.3 Å². The van der Waals surface area contributed by atoms with E-state index in [1.54, 1.807) is 7.11 Å². The molecule has 3 heteroatoms. The molecule has 1 aliphatic rings. The summed E-state index contributed by atoms with van der Waals surface area (Å²) in [6, 6.07) is 0. The molecule has 1 unspecified atom stereocenters. The number of methoxy groups -OCH3 is 1. The summed E-state index contributed by atoms with van der Waals surface area (Å²) in [5.41, 5.74) is -0.427. The topological polar surface area (TPSA) is 35.5 Å². The van der Waals surface area contributed by atoms with Gasteiger partial charge in [0.15, 0.2) is 0 Å². The lowest BCUT2D eigenvalue weighted by Crippen LogP contribution is -2.44. The zero-order valence-corrected chi connectivity index (χ0v) is 13.0. The van der Waals surface area contributed by atoms with Crippen LogP contribution in [0.1, 0.15) is 59.3 Å². The quantitative estimate of drug-likeness (QED) is 0.660. The van der Waals surface area contributed by atoms with Gasteiger partial charge in [-0.3, -0.25) is 4.79 Å². The third-order valence-electron chi connectivity index (χ3n) is 4.37. The molecule has 0 aromatic carbocycles. The Hall–Kier alpha value is -0.570. The zero-order chi connectivity index (χ0) is 14.3. The Labute approximate surface area is 118 Å². The standard InChI is InChI=1S/C16H30O3/c1-5-16(12-18-4,14-9-7-6-8-10-14)15(17)19-11-13(2)3/h13-14H,5-12H2,1-4H3. The highest BCUT2D eigenvalue weighted by molar-refractivity contribution is 5.77. The van der Waals surface area contributed by atoms with Crippen molar-refractivity contribution in [1.29, 1.82) is 0 Å². The lowest BCUT2D eigenvalue weighted by molar-refractivity contribution is -0.167. The van der Waals surface area contributed by atoms with Crippen molar-refractivity contribution < 1.29 is 14.3 Å². The maximum absolute atomic E-state index is 12.6. The molecule has 1 saturated carbocycles. The van der Waals surface area contributed by atoms with Gasteiger partial charge in [0.05, 0.1) is 18.6 Å². The van der Waals surface area contributed by atoms with Crippen molar-refractivity contribution in [1.82, 2.24) is 0 Å². The fourth-order valence-corrected chi connectivity index (χ4v) is 3.18. The van der Waals surface area contributed by atoms with Gasteiger partial charge in [0.25, 0.3) is 0 Å².